The van der Waals surface area contributed by atoms with Crippen molar-refractivity contribution in [1.82, 2.24) is 15.1 Å². The Morgan fingerprint density at radius 1 is 1.12 bits per heavy atom. The van der Waals surface area contributed by atoms with Crippen molar-refractivity contribution in [2.45, 2.75) is 33.7 Å². The molecule has 0 bridgehead atoms. The summed E-state index contributed by atoms with van der Waals surface area (Å²) in [7, 11) is 0. The van der Waals surface area contributed by atoms with Crippen molar-refractivity contribution >= 4 is 23.3 Å². The Balaban J connectivity index is 1.77. The first-order chi connectivity index (χ1) is 16.2. The summed E-state index contributed by atoms with van der Waals surface area (Å²) in [6.07, 6.45) is 0. The average molecular weight is 466 g/mol. The van der Waals surface area contributed by atoms with Gasteiger partial charge in [0, 0.05) is 23.8 Å². The van der Waals surface area contributed by atoms with Crippen LogP contribution in [-0.4, -0.2) is 39.2 Å². The standard InChI is InChI=1S/C24H27N5O5/c1-5-34-20-12-6-17(7-13-20)23(30)26-22(15(2)3)24(31)25-21-14-16(4)27-28(21)18-8-10-19(11-9-18)29(32)33/h6-15,22H,5H2,1-4H3,(H,25,31)(H,26,30). The number of anilines is 1. The molecule has 0 saturated heterocycles. The van der Waals surface area contributed by atoms with Gasteiger partial charge in [-0.25, -0.2) is 4.68 Å². The van der Waals surface area contributed by atoms with Crippen molar-refractivity contribution in [2.24, 2.45) is 5.92 Å². The van der Waals surface area contributed by atoms with Crippen molar-refractivity contribution in [3.8, 4) is 11.4 Å². The molecule has 0 radical (unpaired) electrons. The molecule has 1 heterocycles. The second-order valence-corrected chi connectivity index (χ2v) is 8.00. The van der Waals surface area contributed by atoms with Gasteiger partial charge in [-0.3, -0.25) is 19.7 Å². The molecular weight excluding hydrogens is 438 g/mol. The molecule has 0 spiro atoms. The monoisotopic (exact) mass is 465 g/mol. The van der Waals surface area contributed by atoms with Crippen LogP contribution in [0.1, 0.15) is 36.8 Å². The van der Waals surface area contributed by atoms with Gasteiger partial charge in [0.15, 0.2) is 0 Å². The van der Waals surface area contributed by atoms with Crippen LogP contribution < -0.4 is 15.4 Å². The lowest BCUT2D eigenvalue weighted by atomic mass is 10.0. The van der Waals surface area contributed by atoms with E-state index in [0.717, 1.165) is 0 Å². The highest BCUT2D eigenvalue weighted by Crippen LogP contribution is 2.21. The lowest BCUT2D eigenvalue weighted by Crippen LogP contribution is -2.47. The maximum absolute atomic E-state index is 13.1. The number of aryl methyl sites for hydroxylation is 1. The van der Waals surface area contributed by atoms with Crippen LogP contribution in [0.3, 0.4) is 0 Å². The molecule has 34 heavy (non-hydrogen) atoms. The molecule has 3 rings (SSSR count). The molecule has 10 heteroatoms. The van der Waals surface area contributed by atoms with Crippen LogP contribution in [0.4, 0.5) is 11.5 Å². The third-order valence-corrected chi connectivity index (χ3v) is 5.05. The minimum atomic E-state index is -0.806. The van der Waals surface area contributed by atoms with Crippen LogP contribution in [0, 0.1) is 23.0 Å². The molecule has 2 aromatic carbocycles. The molecule has 2 amide bonds. The van der Waals surface area contributed by atoms with Gasteiger partial charge < -0.3 is 15.4 Å². The molecule has 1 unspecified atom stereocenters. The number of carbonyl (C=O) groups is 2. The molecule has 0 aliphatic rings. The van der Waals surface area contributed by atoms with Crippen molar-refractivity contribution in [3.63, 3.8) is 0 Å². The lowest BCUT2D eigenvalue weighted by molar-refractivity contribution is -0.384. The minimum absolute atomic E-state index is 0.0462. The molecule has 0 saturated carbocycles. The first-order valence-electron chi connectivity index (χ1n) is 10.9. The summed E-state index contributed by atoms with van der Waals surface area (Å²) in [6.45, 7) is 7.84. The second-order valence-electron chi connectivity index (χ2n) is 8.00. The number of nitro groups is 1. The van der Waals surface area contributed by atoms with Crippen LogP contribution in [-0.2, 0) is 4.79 Å². The van der Waals surface area contributed by atoms with Crippen molar-refractivity contribution < 1.29 is 19.2 Å². The smallest absolute Gasteiger partial charge is 0.269 e. The largest absolute Gasteiger partial charge is 0.494 e. The first-order valence-corrected chi connectivity index (χ1v) is 10.9. The third-order valence-electron chi connectivity index (χ3n) is 5.05. The number of nitro benzene ring substituents is 1. The molecule has 1 atom stereocenters. The van der Waals surface area contributed by atoms with E-state index in [1.807, 2.05) is 20.8 Å². The average Bonchev–Trinajstić information content (AvgIpc) is 3.17. The highest BCUT2D eigenvalue weighted by Gasteiger charge is 2.26. The zero-order valence-electron chi connectivity index (χ0n) is 19.4. The molecular formula is C24H27N5O5. The van der Waals surface area contributed by atoms with Crippen molar-refractivity contribution in [3.05, 3.63) is 76.0 Å². The number of benzene rings is 2. The molecule has 1 aromatic heterocycles. The van der Waals surface area contributed by atoms with Crippen LogP contribution >= 0.6 is 0 Å². The summed E-state index contributed by atoms with van der Waals surface area (Å²) in [6, 6.07) is 13.4. The van der Waals surface area contributed by atoms with Gasteiger partial charge in [0.05, 0.1) is 22.9 Å². The van der Waals surface area contributed by atoms with Crippen molar-refractivity contribution in [2.75, 3.05) is 11.9 Å². The van der Waals surface area contributed by atoms with E-state index in [2.05, 4.69) is 15.7 Å². The highest BCUT2D eigenvalue weighted by atomic mass is 16.6. The molecule has 0 aliphatic heterocycles. The predicted molar refractivity (Wildman–Crippen MR) is 127 cm³/mol. The van der Waals surface area contributed by atoms with E-state index in [9.17, 15) is 19.7 Å². The van der Waals surface area contributed by atoms with Gasteiger partial charge in [0.2, 0.25) is 5.91 Å². The number of rotatable bonds is 9. The maximum atomic E-state index is 13.1. The Kier molecular flexibility index (Phi) is 7.62. The van der Waals surface area contributed by atoms with E-state index in [0.29, 0.717) is 35.1 Å². The molecule has 10 nitrogen and oxygen atoms in total. The fourth-order valence-electron chi connectivity index (χ4n) is 3.33. The second kappa shape index (κ2) is 10.6. The molecule has 2 N–H and O–H groups in total. The zero-order chi connectivity index (χ0) is 24.8. The predicted octanol–water partition coefficient (Wildman–Crippen LogP) is 3.88. The van der Waals surface area contributed by atoms with E-state index in [4.69, 9.17) is 4.74 Å². The van der Waals surface area contributed by atoms with Gasteiger partial charge in [-0.15, -0.1) is 0 Å². The number of carbonyl (C=O) groups excluding carboxylic acids is 2. The zero-order valence-corrected chi connectivity index (χ0v) is 19.4. The van der Waals surface area contributed by atoms with Crippen LogP contribution in [0.2, 0.25) is 0 Å². The van der Waals surface area contributed by atoms with Gasteiger partial charge in [0.25, 0.3) is 11.6 Å². The number of aromatic nitrogens is 2. The first kappa shape index (κ1) is 24.4. The van der Waals surface area contributed by atoms with Gasteiger partial charge in [0.1, 0.15) is 17.6 Å². The summed E-state index contributed by atoms with van der Waals surface area (Å²) in [5.74, 6) is 0.0715. The number of hydrogen-bond donors (Lipinski definition) is 2. The van der Waals surface area contributed by atoms with Crippen LogP contribution in [0.15, 0.2) is 54.6 Å². The summed E-state index contributed by atoms with van der Waals surface area (Å²) in [4.78, 5) is 36.3. The van der Waals surface area contributed by atoms with E-state index >= 15 is 0 Å². The number of non-ortho nitro benzene ring substituents is 1. The Morgan fingerprint density at radius 3 is 2.32 bits per heavy atom. The van der Waals surface area contributed by atoms with Crippen LogP contribution in [0.5, 0.6) is 5.75 Å². The summed E-state index contributed by atoms with van der Waals surface area (Å²) in [5.41, 5.74) is 1.56. The highest BCUT2D eigenvalue weighted by molar-refractivity contribution is 6.01. The summed E-state index contributed by atoms with van der Waals surface area (Å²) < 4.78 is 6.88. The van der Waals surface area contributed by atoms with E-state index < -0.39 is 16.9 Å². The number of amides is 2. The third kappa shape index (κ3) is 5.77. The fourth-order valence-corrected chi connectivity index (χ4v) is 3.33. The number of nitrogens with one attached hydrogen (secondary N) is 2. The van der Waals surface area contributed by atoms with Gasteiger partial charge in [-0.05, 0) is 56.2 Å². The quantitative estimate of drug-likeness (QED) is 0.365. The van der Waals surface area contributed by atoms with E-state index in [1.54, 1.807) is 49.4 Å². The number of hydrogen-bond acceptors (Lipinski definition) is 6. The van der Waals surface area contributed by atoms with E-state index in [1.165, 1.54) is 16.8 Å². The van der Waals surface area contributed by atoms with Crippen LogP contribution in [0.25, 0.3) is 5.69 Å². The van der Waals surface area contributed by atoms with Gasteiger partial charge in [-0.2, -0.15) is 5.10 Å². The molecule has 178 valence electrons. The topological polar surface area (TPSA) is 128 Å². The summed E-state index contributed by atoms with van der Waals surface area (Å²) in [5, 5.41) is 20.9. The normalized spacial score (nSPS) is 11.7. The SMILES string of the molecule is CCOc1ccc(C(=O)NC(C(=O)Nc2cc(C)nn2-c2ccc([N+](=O)[O-])cc2)C(C)C)cc1. The Hall–Kier alpha value is -4.21. The summed E-state index contributed by atoms with van der Waals surface area (Å²) >= 11 is 0. The van der Waals surface area contributed by atoms with Crippen molar-refractivity contribution in [1.29, 1.82) is 0 Å². The lowest BCUT2D eigenvalue weighted by Gasteiger charge is -2.22. The Labute approximate surface area is 197 Å². The number of ether oxygens (including phenoxy) is 1. The fraction of sp³-hybridized carbons (Fsp3) is 0.292. The minimum Gasteiger partial charge on any atom is -0.494 e. The molecule has 0 fully saturated rings. The van der Waals surface area contributed by atoms with E-state index in [-0.39, 0.29) is 17.5 Å². The molecule has 3 aromatic rings. The Morgan fingerprint density at radius 2 is 1.76 bits per heavy atom. The molecule has 0 aliphatic carbocycles. The van der Waals surface area contributed by atoms with Gasteiger partial charge in [-0.1, -0.05) is 13.8 Å². The maximum Gasteiger partial charge on any atom is 0.269 e. The Bertz CT molecular complexity index is 1170. The number of nitrogens with zero attached hydrogens (tertiary/aromatic N) is 3. The van der Waals surface area contributed by atoms with Gasteiger partial charge >= 0.3 is 0 Å².